The molecule has 2 unspecified atom stereocenters. The highest BCUT2D eigenvalue weighted by Crippen LogP contribution is 2.45. The number of carbonyl (C=O) groups excluding carboxylic acids is 4. The van der Waals surface area contributed by atoms with Gasteiger partial charge >= 0.3 is 39.5 Å². The van der Waals surface area contributed by atoms with E-state index in [2.05, 4.69) is 41.5 Å². The van der Waals surface area contributed by atoms with Crippen LogP contribution in [0.1, 0.15) is 363 Å². The fourth-order valence-corrected chi connectivity index (χ4v) is 12.3. The van der Waals surface area contributed by atoms with Crippen molar-refractivity contribution in [3.8, 4) is 0 Å². The maximum atomic E-state index is 13.0. The number of hydrogen-bond donors (Lipinski definition) is 3. The lowest BCUT2D eigenvalue weighted by Crippen LogP contribution is -2.30. The first-order valence-electron chi connectivity index (χ1n) is 37.0. The Balaban J connectivity index is 5.15. The minimum absolute atomic E-state index is 0.105. The summed E-state index contributed by atoms with van der Waals surface area (Å²) < 4.78 is 68.1. The summed E-state index contributed by atoms with van der Waals surface area (Å²) in [6.07, 6.45) is 49.0. The van der Waals surface area contributed by atoms with Crippen molar-refractivity contribution in [3.63, 3.8) is 0 Å². The van der Waals surface area contributed by atoms with Gasteiger partial charge in [0.2, 0.25) is 0 Å². The second-order valence-electron chi connectivity index (χ2n) is 26.6. The average Bonchev–Trinajstić information content (AvgIpc) is 3.02. The van der Waals surface area contributed by atoms with Crippen molar-refractivity contribution in [2.75, 3.05) is 39.6 Å². The molecular weight excluding hydrogens is 1190 g/mol. The summed E-state index contributed by atoms with van der Waals surface area (Å²) in [4.78, 5) is 72.3. The quantitative estimate of drug-likeness (QED) is 0.0222. The normalized spacial score (nSPS) is 14.1. The Morgan fingerprint density at radius 2 is 0.511 bits per heavy atom. The minimum atomic E-state index is -4.95. The maximum Gasteiger partial charge on any atom is 0.472 e. The molecule has 534 valence electrons. The van der Waals surface area contributed by atoms with Crippen LogP contribution in [-0.2, 0) is 65.4 Å². The molecule has 0 radical (unpaired) electrons. The Kier molecular flexibility index (Phi) is 61.8. The highest BCUT2D eigenvalue weighted by Gasteiger charge is 2.30. The Labute approximate surface area is 549 Å². The van der Waals surface area contributed by atoms with E-state index in [0.29, 0.717) is 25.7 Å². The molecule has 0 heterocycles. The summed E-state index contributed by atoms with van der Waals surface area (Å²) >= 11 is 0. The fraction of sp³-hybridized carbons (Fsp3) is 0.944. The molecule has 0 aliphatic carbocycles. The van der Waals surface area contributed by atoms with Gasteiger partial charge in [-0.3, -0.25) is 37.3 Å². The molecule has 0 aliphatic heterocycles. The van der Waals surface area contributed by atoms with Gasteiger partial charge in [-0.15, -0.1) is 0 Å². The number of aliphatic hydroxyl groups excluding tert-OH is 1. The molecule has 0 rings (SSSR count). The van der Waals surface area contributed by atoms with Crippen LogP contribution in [0.3, 0.4) is 0 Å². The fourth-order valence-electron chi connectivity index (χ4n) is 10.8. The molecule has 0 bridgehead atoms. The van der Waals surface area contributed by atoms with E-state index in [1.165, 1.54) is 173 Å². The largest absolute Gasteiger partial charge is 0.472 e. The molecule has 0 spiro atoms. The van der Waals surface area contributed by atoms with Gasteiger partial charge in [-0.25, -0.2) is 9.13 Å². The van der Waals surface area contributed by atoms with Gasteiger partial charge in [0, 0.05) is 25.7 Å². The molecule has 0 aliphatic rings. The van der Waals surface area contributed by atoms with E-state index in [9.17, 15) is 43.2 Å². The van der Waals surface area contributed by atoms with Crippen LogP contribution < -0.4 is 0 Å². The molecule has 19 heteroatoms. The van der Waals surface area contributed by atoms with Crippen LogP contribution in [0.5, 0.6) is 0 Å². The van der Waals surface area contributed by atoms with Gasteiger partial charge in [-0.1, -0.05) is 311 Å². The van der Waals surface area contributed by atoms with Crippen LogP contribution in [-0.4, -0.2) is 96.7 Å². The van der Waals surface area contributed by atoms with E-state index < -0.39 is 97.5 Å². The highest BCUT2D eigenvalue weighted by molar-refractivity contribution is 7.47. The Morgan fingerprint density at radius 1 is 0.300 bits per heavy atom. The van der Waals surface area contributed by atoms with Crippen molar-refractivity contribution in [1.29, 1.82) is 0 Å². The van der Waals surface area contributed by atoms with E-state index in [-0.39, 0.29) is 25.7 Å². The van der Waals surface area contributed by atoms with E-state index in [1.807, 2.05) is 0 Å². The van der Waals surface area contributed by atoms with Gasteiger partial charge in [0.1, 0.15) is 19.3 Å². The van der Waals surface area contributed by atoms with Crippen molar-refractivity contribution in [3.05, 3.63) is 0 Å². The average molecular weight is 1330 g/mol. The summed E-state index contributed by atoms with van der Waals surface area (Å²) in [5.41, 5.74) is 0. The molecular formula is C71H138O17P2. The van der Waals surface area contributed by atoms with Gasteiger partial charge in [0.15, 0.2) is 12.2 Å². The van der Waals surface area contributed by atoms with Crippen LogP contribution in [0.25, 0.3) is 0 Å². The number of unbranched alkanes of at least 4 members (excludes halogenated alkanes) is 40. The molecule has 3 N–H and O–H groups in total. The topological polar surface area (TPSA) is 237 Å². The second kappa shape index (κ2) is 63.1. The monoisotopic (exact) mass is 1320 g/mol. The molecule has 0 saturated carbocycles. The standard InChI is InChI=1S/C71H138O17P2/c1-7-9-11-13-14-15-16-17-18-19-20-21-22-25-32-37-43-49-55-71(76)88-67(60-82-69(74)54-48-42-36-31-26-23-24-29-34-40-45-51-63(3)4)62-86-90(79,80)84-58-65(72)57-83-89(77,78)85-61-66(59-81-68(73)53-47-39-12-10-8-2)87-70(75)56-50-44-38-33-28-27-30-35-41-46-52-64(5)6/h63-67,72H,7-62H2,1-6H3,(H,77,78)(H,79,80)/t65-,66+,67+/m0/s1. The van der Waals surface area contributed by atoms with Crippen LogP contribution in [0.15, 0.2) is 0 Å². The zero-order valence-corrected chi connectivity index (χ0v) is 60.2. The van der Waals surface area contributed by atoms with Crippen molar-refractivity contribution < 1.29 is 80.2 Å². The third-order valence-electron chi connectivity index (χ3n) is 16.5. The molecule has 0 amide bonds. The lowest BCUT2D eigenvalue weighted by Gasteiger charge is -2.21. The third-order valence-corrected chi connectivity index (χ3v) is 18.4. The first kappa shape index (κ1) is 88.1. The number of phosphoric acid groups is 2. The van der Waals surface area contributed by atoms with Crippen molar-refractivity contribution >= 4 is 39.5 Å². The molecule has 0 saturated heterocycles. The van der Waals surface area contributed by atoms with Crippen LogP contribution in [0.2, 0.25) is 0 Å². The number of phosphoric ester groups is 2. The Bertz CT molecular complexity index is 1750. The van der Waals surface area contributed by atoms with E-state index in [4.69, 9.17) is 37.0 Å². The molecule has 0 fully saturated rings. The third kappa shape index (κ3) is 64.8. The summed E-state index contributed by atoms with van der Waals surface area (Å²) in [5, 5.41) is 10.6. The first-order chi connectivity index (χ1) is 43.4. The SMILES string of the molecule is CCCCCCCCCCCCCCCCCCCCC(=O)O[C@H](COC(=O)CCCCCCCCCCCCCC(C)C)COP(=O)(O)OC[C@@H](O)COP(=O)(O)OC[C@@H](COC(=O)CCCCCCC)OC(=O)CCCCCCCCCCCCC(C)C. The number of carbonyl (C=O) groups is 4. The van der Waals surface area contributed by atoms with E-state index >= 15 is 0 Å². The van der Waals surface area contributed by atoms with Gasteiger partial charge < -0.3 is 33.8 Å². The zero-order chi connectivity index (χ0) is 66.5. The molecule has 17 nitrogen and oxygen atoms in total. The van der Waals surface area contributed by atoms with Crippen LogP contribution >= 0.6 is 15.6 Å². The van der Waals surface area contributed by atoms with Crippen molar-refractivity contribution in [2.24, 2.45) is 11.8 Å². The van der Waals surface area contributed by atoms with Gasteiger partial charge in [0.25, 0.3) is 0 Å². The number of rotatable bonds is 70. The molecule has 0 aromatic carbocycles. The molecule has 5 atom stereocenters. The van der Waals surface area contributed by atoms with Crippen molar-refractivity contribution in [2.45, 2.75) is 381 Å². The number of hydrogen-bond acceptors (Lipinski definition) is 15. The molecule has 90 heavy (non-hydrogen) atoms. The summed E-state index contributed by atoms with van der Waals surface area (Å²) in [6.45, 7) is 9.46. The maximum absolute atomic E-state index is 13.0. The molecule has 0 aromatic heterocycles. The predicted octanol–water partition coefficient (Wildman–Crippen LogP) is 20.4. The number of esters is 4. The van der Waals surface area contributed by atoms with Gasteiger partial charge in [-0.05, 0) is 37.5 Å². The summed E-state index contributed by atoms with van der Waals surface area (Å²) in [7, 11) is -9.89. The highest BCUT2D eigenvalue weighted by atomic mass is 31.2. The first-order valence-corrected chi connectivity index (χ1v) is 40.0. The Morgan fingerprint density at radius 3 is 0.756 bits per heavy atom. The predicted molar refractivity (Wildman–Crippen MR) is 363 cm³/mol. The van der Waals surface area contributed by atoms with Crippen LogP contribution in [0, 0.1) is 11.8 Å². The zero-order valence-electron chi connectivity index (χ0n) is 58.4. The summed E-state index contributed by atoms with van der Waals surface area (Å²) in [6, 6.07) is 0. The lowest BCUT2D eigenvalue weighted by atomic mass is 10.0. The van der Waals surface area contributed by atoms with Crippen LogP contribution in [0.4, 0.5) is 0 Å². The van der Waals surface area contributed by atoms with Gasteiger partial charge in [0.05, 0.1) is 26.4 Å². The molecule has 0 aromatic rings. The van der Waals surface area contributed by atoms with E-state index in [0.717, 1.165) is 108 Å². The van der Waals surface area contributed by atoms with E-state index in [1.54, 1.807) is 0 Å². The van der Waals surface area contributed by atoms with Crippen molar-refractivity contribution in [1.82, 2.24) is 0 Å². The Hall–Kier alpha value is -1.94. The number of ether oxygens (including phenoxy) is 4. The smallest absolute Gasteiger partial charge is 0.462 e. The number of aliphatic hydroxyl groups is 1. The van der Waals surface area contributed by atoms with Gasteiger partial charge in [-0.2, -0.15) is 0 Å². The summed E-state index contributed by atoms with van der Waals surface area (Å²) in [5.74, 6) is -0.610. The minimum Gasteiger partial charge on any atom is -0.462 e. The second-order valence-corrected chi connectivity index (χ2v) is 29.5. The lowest BCUT2D eigenvalue weighted by molar-refractivity contribution is -0.161.